The second-order valence-corrected chi connectivity index (χ2v) is 6.13. The van der Waals surface area contributed by atoms with E-state index in [2.05, 4.69) is 26.6 Å². The highest BCUT2D eigenvalue weighted by Crippen LogP contribution is 2.30. The number of nitrogens with one attached hydrogen (secondary N) is 2. The van der Waals surface area contributed by atoms with E-state index in [4.69, 9.17) is 5.26 Å². The Labute approximate surface area is 141 Å². The van der Waals surface area contributed by atoms with E-state index in [0.717, 1.165) is 9.37 Å². The highest BCUT2D eigenvalue weighted by Gasteiger charge is 2.49. The summed E-state index contributed by atoms with van der Waals surface area (Å²) in [6.45, 7) is 1.41. The van der Waals surface area contributed by atoms with Crippen LogP contribution in [-0.2, 0) is 15.1 Å². The number of nitrogens with zero attached hydrogens (tertiary/aromatic N) is 2. The molecule has 4 amide bonds. The summed E-state index contributed by atoms with van der Waals surface area (Å²) in [6.07, 6.45) is 0.168. The van der Waals surface area contributed by atoms with Crippen molar-refractivity contribution in [1.82, 2.24) is 15.5 Å². The molecule has 2 N–H and O–H groups in total. The number of hydrogen-bond donors (Lipinski definition) is 2. The minimum Gasteiger partial charge on any atom is -0.354 e. The number of nitriles is 1. The van der Waals surface area contributed by atoms with Crippen molar-refractivity contribution < 1.29 is 14.4 Å². The maximum Gasteiger partial charge on any atom is 0.325 e. The van der Waals surface area contributed by atoms with Crippen LogP contribution in [0.1, 0.15) is 18.9 Å². The molecule has 0 aromatic heterocycles. The summed E-state index contributed by atoms with van der Waals surface area (Å²) >= 11 is 3.33. The van der Waals surface area contributed by atoms with Gasteiger partial charge in [-0.15, -0.1) is 0 Å². The fraction of sp³-hybridized carbons (Fsp3) is 0.333. The summed E-state index contributed by atoms with van der Waals surface area (Å²) in [7, 11) is 0. The Kier molecular flexibility index (Phi) is 5.01. The first-order chi connectivity index (χ1) is 10.9. The molecule has 1 aliphatic heterocycles. The lowest BCUT2D eigenvalue weighted by Crippen LogP contribution is -2.43. The molecule has 0 bridgehead atoms. The topological polar surface area (TPSA) is 102 Å². The minimum absolute atomic E-state index is 0.168. The van der Waals surface area contributed by atoms with Gasteiger partial charge in [-0.3, -0.25) is 14.5 Å². The van der Waals surface area contributed by atoms with Crippen LogP contribution in [0.5, 0.6) is 0 Å². The van der Waals surface area contributed by atoms with E-state index in [0.29, 0.717) is 5.56 Å². The normalized spacial score (nSPS) is 20.1. The molecule has 0 radical (unpaired) electrons. The second kappa shape index (κ2) is 6.79. The maximum absolute atomic E-state index is 12.6. The molecule has 2 rings (SSSR count). The number of carbonyl (C=O) groups is 3. The second-order valence-electron chi connectivity index (χ2n) is 5.21. The van der Waals surface area contributed by atoms with Gasteiger partial charge >= 0.3 is 6.03 Å². The lowest BCUT2D eigenvalue weighted by atomic mass is 9.92. The zero-order valence-electron chi connectivity index (χ0n) is 12.4. The molecule has 8 heteroatoms. The van der Waals surface area contributed by atoms with Crippen LogP contribution in [0.3, 0.4) is 0 Å². The monoisotopic (exact) mass is 378 g/mol. The smallest absolute Gasteiger partial charge is 0.325 e. The van der Waals surface area contributed by atoms with Crippen molar-refractivity contribution in [2.24, 2.45) is 0 Å². The zero-order chi connectivity index (χ0) is 17.0. The summed E-state index contributed by atoms with van der Waals surface area (Å²) in [6, 6.07) is 8.34. The van der Waals surface area contributed by atoms with Gasteiger partial charge in [0.25, 0.3) is 5.91 Å². The molecule has 23 heavy (non-hydrogen) atoms. The van der Waals surface area contributed by atoms with Crippen molar-refractivity contribution in [1.29, 1.82) is 5.26 Å². The fourth-order valence-corrected chi connectivity index (χ4v) is 2.69. The SMILES string of the molecule is C[C@]1(c2cccc(Br)c2)NC(=O)N(CC(=O)NCCC#N)C1=O. The molecule has 1 aliphatic rings. The Bertz CT molecular complexity index is 700. The first kappa shape index (κ1) is 17.0. The third kappa shape index (κ3) is 3.51. The number of amides is 4. The average Bonchev–Trinajstić information content (AvgIpc) is 2.72. The standard InChI is InChI=1S/C15H15BrN4O3/c1-15(10-4-2-5-11(16)8-10)13(22)20(14(23)19-15)9-12(21)18-7-3-6-17/h2,4-5,8H,3,7,9H2,1H3,(H,18,21)(H,19,23)/t15-/m1/s1. The van der Waals surface area contributed by atoms with E-state index in [1.807, 2.05) is 12.1 Å². The molecule has 1 aromatic rings. The third-order valence-electron chi connectivity index (χ3n) is 3.54. The summed E-state index contributed by atoms with van der Waals surface area (Å²) < 4.78 is 0.783. The van der Waals surface area contributed by atoms with Crippen molar-refractivity contribution in [2.75, 3.05) is 13.1 Å². The Morgan fingerprint density at radius 1 is 1.48 bits per heavy atom. The Balaban J connectivity index is 2.13. The summed E-state index contributed by atoms with van der Waals surface area (Å²) in [5.41, 5.74) is -0.592. The number of halogens is 1. The molecule has 1 heterocycles. The summed E-state index contributed by atoms with van der Waals surface area (Å²) in [5.74, 6) is -0.974. The summed E-state index contributed by atoms with van der Waals surface area (Å²) in [4.78, 5) is 37.3. The van der Waals surface area contributed by atoms with E-state index in [-0.39, 0.29) is 19.5 Å². The van der Waals surface area contributed by atoms with Gasteiger partial charge in [0, 0.05) is 11.0 Å². The van der Waals surface area contributed by atoms with Crippen molar-refractivity contribution >= 4 is 33.8 Å². The van der Waals surface area contributed by atoms with Crippen molar-refractivity contribution in [2.45, 2.75) is 18.9 Å². The van der Waals surface area contributed by atoms with E-state index in [1.165, 1.54) is 0 Å². The first-order valence-corrected chi connectivity index (χ1v) is 7.71. The van der Waals surface area contributed by atoms with E-state index >= 15 is 0 Å². The van der Waals surface area contributed by atoms with Crippen LogP contribution < -0.4 is 10.6 Å². The lowest BCUT2D eigenvalue weighted by molar-refractivity contribution is -0.134. The van der Waals surface area contributed by atoms with Crippen LogP contribution in [0.2, 0.25) is 0 Å². The predicted octanol–water partition coefficient (Wildman–Crippen LogP) is 1.25. The minimum atomic E-state index is -1.21. The van der Waals surface area contributed by atoms with Crippen molar-refractivity contribution in [3.8, 4) is 6.07 Å². The molecule has 120 valence electrons. The Morgan fingerprint density at radius 2 is 2.22 bits per heavy atom. The molecule has 1 fully saturated rings. The van der Waals surface area contributed by atoms with Gasteiger partial charge in [-0.2, -0.15) is 5.26 Å². The highest BCUT2D eigenvalue weighted by molar-refractivity contribution is 9.10. The number of benzene rings is 1. The van der Waals surface area contributed by atoms with Gasteiger partial charge in [0.15, 0.2) is 0 Å². The zero-order valence-corrected chi connectivity index (χ0v) is 14.0. The quantitative estimate of drug-likeness (QED) is 0.594. The number of imide groups is 1. The molecule has 1 atom stereocenters. The molecule has 1 aromatic carbocycles. The van der Waals surface area contributed by atoms with Crippen LogP contribution in [0.25, 0.3) is 0 Å². The number of urea groups is 1. The van der Waals surface area contributed by atoms with Gasteiger partial charge < -0.3 is 10.6 Å². The van der Waals surface area contributed by atoms with Crippen LogP contribution >= 0.6 is 15.9 Å². The van der Waals surface area contributed by atoms with Crippen LogP contribution in [0.4, 0.5) is 4.79 Å². The van der Waals surface area contributed by atoms with Gasteiger partial charge in [-0.25, -0.2) is 4.79 Å². The van der Waals surface area contributed by atoms with Crippen LogP contribution in [0, 0.1) is 11.3 Å². The molecule has 0 saturated carbocycles. The molecule has 0 aliphatic carbocycles. The van der Waals surface area contributed by atoms with Crippen LogP contribution in [0.15, 0.2) is 28.7 Å². The Hall–Kier alpha value is -2.40. The van der Waals surface area contributed by atoms with Gasteiger partial charge in [0.2, 0.25) is 5.91 Å². The molecule has 0 unspecified atom stereocenters. The average molecular weight is 379 g/mol. The number of hydrogen-bond acceptors (Lipinski definition) is 4. The molecule has 0 spiro atoms. The predicted molar refractivity (Wildman–Crippen MR) is 85.0 cm³/mol. The van der Waals surface area contributed by atoms with Gasteiger partial charge in [-0.1, -0.05) is 28.1 Å². The number of rotatable bonds is 5. The Morgan fingerprint density at radius 3 is 2.87 bits per heavy atom. The van der Waals surface area contributed by atoms with E-state index < -0.39 is 23.4 Å². The molecule has 1 saturated heterocycles. The fourth-order valence-electron chi connectivity index (χ4n) is 2.29. The van der Waals surface area contributed by atoms with Gasteiger partial charge in [-0.05, 0) is 24.6 Å². The molecule has 7 nitrogen and oxygen atoms in total. The number of carbonyl (C=O) groups excluding carboxylic acids is 3. The van der Waals surface area contributed by atoms with Crippen LogP contribution in [-0.4, -0.2) is 35.8 Å². The highest BCUT2D eigenvalue weighted by atomic mass is 79.9. The first-order valence-electron chi connectivity index (χ1n) is 6.92. The molecular formula is C15H15BrN4O3. The third-order valence-corrected chi connectivity index (χ3v) is 4.03. The summed E-state index contributed by atoms with van der Waals surface area (Å²) in [5, 5.41) is 13.5. The maximum atomic E-state index is 12.6. The largest absolute Gasteiger partial charge is 0.354 e. The van der Waals surface area contributed by atoms with E-state index in [1.54, 1.807) is 25.1 Å². The van der Waals surface area contributed by atoms with Gasteiger partial charge in [0.1, 0.15) is 12.1 Å². The molecular weight excluding hydrogens is 364 g/mol. The van der Waals surface area contributed by atoms with Crippen molar-refractivity contribution in [3.63, 3.8) is 0 Å². The van der Waals surface area contributed by atoms with Gasteiger partial charge in [0.05, 0.1) is 12.5 Å². The lowest BCUT2D eigenvalue weighted by Gasteiger charge is -2.22. The van der Waals surface area contributed by atoms with Crippen molar-refractivity contribution in [3.05, 3.63) is 34.3 Å². The van der Waals surface area contributed by atoms with E-state index in [9.17, 15) is 14.4 Å².